The number of benzene rings is 1. The third kappa shape index (κ3) is 2.58. The largest absolute Gasteiger partial charge is 0.326 e. The standard InChI is InChI=1S/C16H15N5O2S/c1-9-5-17-16-21(15(9)23)7-11(8-24-16)14(22)19-12-3-2-10-6-18-20-13(10)4-12/h2-6,11H,7-8H2,1H3,(H,18,20)(H,19,22)/t11-/m1/s1. The van der Waals surface area contributed by atoms with Gasteiger partial charge < -0.3 is 5.32 Å². The number of nitrogens with one attached hydrogen (secondary N) is 2. The zero-order valence-electron chi connectivity index (χ0n) is 12.9. The van der Waals surface area contributed by atoms with Crippen molar-refractivity contribution in [1.82, 2.24) is 19.7 Å². The second-order valence-electron chi connectivity index (χ2n) is 5.81. The van der Waals surface area contributed by atoms with Gasteiger partial charge in [0, 0.05) is 35.1 Å². The summed E-state index contributed by atoms with van der Waals surface area (Å²) in [5.41, 5.74) is 2.09. The molecule has 0 saturated carbocycles. The van der Waals surface area contributed by atoms with Crippen LogP contribution in [-0.2, 0) is 11.3 Å². The topological polar surface area (TPSA) is 92.7 Å². The first kappa shape index (κ1) is 14.9. The molecule has 0 spiro atoms. The van der Waals surface area contributed by atoms with Gasteiger partial charge in [-0.2, -0.15) is 5.10 Å². The number of hydrogen-bond acceptors (Lipinski definition) is 5. The van der Waals surface area contributed by atoms with Crippen LogP contribution in [0.25, 0.3) is 10.9 Å². The summed E-state index contributed by atoms with van der Waals surface area (Å²) in [6.45, 7) is 2.09. The third-order valence-corrected chi connectivity index (χ3v) is 5.23. The minimum Gasteiger partial charge on any atom is -0.326 e. The third-order valence-electron chi connectivity index (χ3n) is 4.08. The van der Waals surface area contributed by atoms with E-state index in [4.69, 9.17) is 0 Å². The first-order valence-electron chi connectivity index (χ1n) is 7.55. The normalized spacial score (nSPS) is 16.8. The van der Waals surface area contributed by atoms with E-state index in [1.807, 2.05) is 18.2 Å². The Hall–Kier alpha value is -2.61. The van der Waals surface area contributed by atoms with Crippen LogP contribution in [0.15, 0.2) is 40.5 Å². The smallest absolute Gasteiger partial charge is 0.257 e. The van der Waals surface area contributed by atoms with Crippen molar-refractivity contribution in [3.05, 3.63) is 46.5 Å². The lowest BCUT2D eigenvalue weighted by molar-refractivity contribution is -0.119. The van der Waals surface area contributed by atoms with Crippen LogP contribution in [0.3, 0.4) is 0 Å². The Morgan fingerprint density at radius 3 is 3.17 bits per heavy atom. The van der Waals surface area contributed by atoms with Crippen molar-refractivity contribution < 1.29 is 4.79 Å². The number of carbonyl (C=O) groups is 1. The van der Waals surface area contributed by atoms with E-state index in [0.717, 1.165) is 10.9 Å². The Kier molecular flexibility index (Phi) is 3.61. The Balaban J connectivity index is 1.54. The fraction of sp³-hybridized carbons (Fsp3) is 0.250. The molecule has 3 heterocycles. The molecule has 7 nitrogen and oxygen atoms in total. The maximum atomic E-state index is 12.6. The highest BCUT2D eigenvalue weighted by atomic mass is 32.2. The number of fused-ring (bicyclic) bond motifs is 2. The summed E-state index contributed by atoms with van der Waals surface area (Å²) in [6.07, 6.45) is 3.32. The molecule has 1 aliphatic rings. The van der Waals surface area contributed by atoms with E-state index in [2.05, 4.69) is 20.5 Å². The van der Waals surface area contributed by atoms with Crippen molar-refractivity contribution in [3.63, 3.8) is 0 Å². The molecule has 0 fully saturated rings. The maximum Gasteiger partial charge on any atom is 0.257 e. The summed E-state index contributed by atoms with van der Waals surface area (Å²) < 4.78 is 1.59. The molecule has 1 atom stereocenters. The summed E-state index contributed by atoms with van der Waals surface area (Å²) in [5.74, 6) is 0.231. The molecule has 4 rings (SSSR count). The summed E-state index contributed by atoms with van der Waals surface area (Å²) in [6, 6.07) is 5.59. The number of aromatic amines is 1. The monoisotopic (exact) mass is 341 g/mol. The number of H-pyrrole nitrogens is 1. The minimum atomic E-state index is -0.277. The number of thioether (sulfide) groups is 1. The van der Waals surface area contributed by atoms with Gasteiger partial charge in [-0.25, -0.2) is 4.98 Å². The number of rotatable bonds is 2. The average Bonchev–Trinajstić information content (AvgIpc) is 3.05. The molecule has 2 N–H and O–H groups in total. The molecule has 0 saturated heterocycles. The van der Waals surface area contributed by atoms with E-state index in [9.17, 15) is 9.59 Å². The van der Waals surface area contributed by atoms with Gasteiger partial charge in [0.25, 0.3) is 5.56 Å². The first-order valence-corrected chi connectivity index (χ1v) is 8.53. The van der Waals surface area contributed by atoms with Gasteiger partial charge in [-0.3, -0.25) is 19.3 Å². The zero-order valence-corrected chi connectivity index (χ0v) is 13.8. The van der Waals surface area contributed by atoms with E-state index < -0.39 is 0 Å². The highest BCUT2D eigenvalue weighted by Gasteiger charge is 2.27. The number of carbonyl (C=O) groups excluding carboxylic acids is 1. The molecule has 2 aromatic heterocycles. The SMILES string of the molecule is Cc1cnc2n(c1=O)C[C@@H](C(=O)Nc1ccc3cn[nH]c3c1)CS2. The van der Waals surface area contributed by atoms with Gasteiger partial charge >= 0.3 is 0 Å². The fourth-order valence-corrected chi connectivity index (χ4v) is 3.77. The number of aryl methyl sites for hydroxylation is 1. The molecule has 8 heteroatoms. The van der Waals surface area contributed by atoms with Crippen LogP contribution in [0, 0.1) is 12.8 Å². The molecule has 1 aliphatic heterocycles. The molecule has 3 aromatic rings. The van der Waals surface area contributed by atoms with E-state index >= 15 is 0 Å². The van der Waals surface area contributed by atoms with Crippen molar-refractivity contribution in [2.45, 2.75) is 18.6 Å². The van der Waals surface area contributed by atoms with Crippen LogP contribution in [0.5, 0.6) is 0 Å². The number of hydrogen-bond donors (Lipinski definition) is 2. The van der Waals surface area contributed by atoms with Crippen LogP contribution in [0.4, 0.5) is 5.69 Å². The van der Waals surface area contributed by atoms with Crippen LogP contribution in [0.2, 0.25) is 0 Å². The molecular weight excluding hydrogens is 326 g/mol. The molecule has 1 aromatic carbocycles. The van der Waals surface area contributed by atoms with Crippen LogP contribution < -0.4 is 10.9 Å². The number of nitrogens with zero attached hydrogens (tertiary/aromatic N) is 3. The van der Waals surface area contributed by atoms with Gasteiger partial charge in [0.2, 0.25) is 5.91 Å². The van der Waals surface area contributed by atoms with Crippen LogP contribution >= 0.6 is 11.8 Å². The van der Waals surface area contributed by atoms with Gasteiger partial charge in [-0.15, -0.1) is 0 Å². The lowest BCUT2D eigenvalue weighted by atomic mass is 10.1. The summed E-state index contributed by atoms with van der Waals surface area (Å²) in [5, 5.41) is 11.4. The summed E-state index contributed by atoms with van der Waals surface area (Å²) in [7, 11) is 0. The van der Waals surface area contributed by atoms with Gasteiger partial charge in [-0.1, -0.05) is 11.8 Å². The summed E-state index contributed by atoms with van der Waals surface area (Å²) >= 11 is 1.44. The van der Waals surface area contributed by atoms with Crippen LogP contribution in [0.1, 0.15) is 5.56 Å². The molecule has 0 unspecified atom stereocenters. The predicted octanol–water partition coefficient (Wildman–Crippen LogP) is 1.79. The molecule has 1 amide bonds. The molecule has 0 bridgehead atoms. The van der Waals surface area contributed by atoms with E-state index in [0.29, 0.717) is 28.7 Å². The van der Waals surface area contributed by atoms with Crippen LogP contribution in [-0.4, -0.2) is 31.4 Å². The molecule has 24 heavy (non-hydrogen) atoms. The van der Waals surface area contributed by atoms with Gasteiger partial charge in [0.05, 0.1) is 17.6 Å². The Morgan fingerprint density at radius 1 is 1.42 bits per heavy atom. The molecule has 0 radical (unpaired) electrons. The highest BCUT2D eigenvalue weighted by molar-refractivity contribution is 7.99. The summed E-state index contributed by atoms with van der Waals surface area (Å²) in [4.78, 5) is 29.1. The van der Waals surface area contributed by atoms with E-state index in [1.165, 1.54) is 11.8 Å². The Labute approximate surface area is 141 Å². The van der Waals surface area contributed by atoms with Crippen molar-refractivity contribution in [2.24, 2.45) is 5.92 Å². The fourth-order valence-electron chi connectivity index (χ4n) is 2.72. The second-order valence-corrected chi connectivity index (χ2v) is 6.80. The van der Waals surface area contributed by atoms with Crippen molar-refractivity contribution >= 4 is 34.3 Å². The zero-order chi connectivity index (χ0) is 16.7. The maximum absolute atomic E-state index is 12.6. The number of aromatic nitrogens is 4. The number of amides is 1. The van der Waals surface area contributed by atoms with E-state index in [-0.39, 0.29) is 17.4 Å². The molecule has 122 valence electrons. The Morgan fingerprint density at radius 2 is 2.29 bits per heavy atom. The molecular formula is C16H15N5O2S. The first-order chi connectivity index (χ1) is 11.6. The Bertz CT molecular complexity index is 994. The van der Waals surface area contributed by atoms with Gasteiger partial charge in [0.1, 0.15) is 0 Å². The minimum absolute atomic E-state index is 0.0797. The quantitative estimate of drug-likeness (QED) is 0.693. The lowest BCUT2D eigenvalue weighted by Gasteiger charge is -2.24. The van der Waals surface area contributed by atoms with Gasteiger partial charge in [-0.05, 0) is 25.1 Å². The lowest BCUT2D eigenvalue weighted by Crippen LogP contribution is -2.37. The second kappa shape index (κ2) is 5.79. The van der Waals surface area contributed by atoms with Crippen molar-refractivity contribution in [3.8, 4) is 0 Å². The highest BCUT2D eigenvalue weighted by Crippen LogP contribution is 2.26. The number of anilines is 1. The molecule has 0 aliphatic carbocycles. The van der Waals surface area contributed by atoms with Crippen molar-refractivity contribution in [1.29, 1.82) is 0 Å². The average molecular weight is 341 g/mol. The van der Waals surface area contributed by atoms with Crippen molar-refractivity contribution in [2.75, 3.05) is 11.1 Å². The predicted molar refractivity (Wildman–Crippen MR) is 92.2 cm³/mol. The van der Waals surface area contributed by atoms with E-state index in [1.54, 1.807) is 23.9 Å². The van der Waals surface area contributed by atoms with Gasteiger partial charge in [0.15, 0.2) is 5.16 Å².